The topological polar surface area (TPSA) is 54.5 Å². The van der Waals surface area contributed by atoms with Gasteiger partial charge in [0, 0.05) is 18.0 Å². The summed E-state index contributed by atoms with van der Waals surface area (Å²) in [4.78, 5) is 19.9. The highest BCUT2D eigenvalue weighted by Gasteiger charge is 2.22. The third-order valence-corrected chi connectivity index (χ3v) is 4.53. The van der Waals surface area contributed by atoms with Gasteiger partial charge in [0.25, 0.3) is 0 Å². The van der Waals surface area contributed by atoms with Gasteiger partial charge in [0.05, 0.1) is 31.5 Å². The lowest BCUT2D eigenvalue weighted by Crippen LogP contribution is -2.49. The van der Waals surface area contributed by atoms with Gasteiger partial charge in [-0.05, 0) is 20.8 Å². The monoisotopic (exact) mass is 283 g/mol. The number of morpholine rings is 1. The molecule has 2 heterocycles. The average molecular weight is 283 g/mol. The highest BCUT2D eigenvalue weighted by molar-refractivity contribution is 7.11. The fourth-order valence-corrected chi connectivity index (χ4v) is 2.93. The molecule has 1 aliphatic heterocycles. The average Bonchev–Trinajstić information content (AvgIpc) is 2.75. The molecule has 1 N–H and O–H groups in total. The van der Waals surface area contributed by atoms with Gasteiger partial charge in [-0.2, -0.15) is 0 Å². The molecular weight excluding hydrogens is 262 g/mol. The molecule has 0 bridgehead atoms. The molecule has 1 fully saturated rings. The van der Waals surface area contributed by atoms with E-state index in [1.165, 1.54) is 4.88 Å². The van der Waals surface area contributed by atoms with Gasteiger partial charge in [-0.15, -0.1) is 11.3 Å². The summed E-state index contributed by atoms with van der Waals surface area (Å²) < 4.78 is 5.29. The van der Waals surface area contributed by atoms with Gasteiger partial charge in [0.15, 0.2) is 0 Å². The lowest BCUT2D eigenvalue weighted by molar-refractivity contribution is -0.127. The van der Waals surface area contributed by atoms with Crippen LogP contribution in [0.3, 0.4) is 0 Å². The van der Waals surface area contributed by atoms with Crippen molar-refractivity contribution in [2.24, 2.45) is 0 Å². The molecule has 1 atom stereocenters. The van der Waals surface area contributed by atoms with Crippen LogP contribution in [0, 0.1) is 13.8 Å². The molecule has 0 radical (unpaired) electrons. The number of nitrogens with zero attached hydrogens (tertiary/aromatic N) is 2. The molecular formula is C13H21N3O2S. The fourth-order valence-electron chi connectivity index (χ4n) is 2.06. The Morgan fingerprint density at radius 3 is 2.74 bits per heavy atom. The molecule has 0 aliphatic carbocycles. The number of thiazole rings is 1. The molecule has 1 amide bonds. The van der Waals surface area contributed by atoms with Crippen molar-refractivity contribution in [1.82, 2.24) is 15.2 Å². The Labute approximate surface area is 118 Å². The van der Waals surface area contributed by atoms with Crippen molar-refractivity contribution in [3.63, 3.8) is 0 Å². The zero-order valence-corrected chi connectivity index (χ0v) is 12.5. The minimum absolute atomic E-state index is 0.0624. The van der Waals surface area contributed by atoms with Gasteiger partial charge < -0.3 is 10.1 Å². The summed E-state index contributed by atoms with van der Waals surface area (Å²) in [5.74, 6) is 0.0624. The smallest absolute Gasteiger partial charge is 0.237 e. The van der Waals surface area contributed by atoms with Crippen LogP contribution in [0.1, 0.15) is 22.5 Å². The highest BCUT2D eigenvalue weighted by atomic mass is 32.1. The first-order valence-electron chi connectivity index (χ1n) is 6.60. The minimum Gasteiger partial charge on any atom is -0.379 e. The van der Waals surface area contributed by atoms with E-state index >= 15 is 0 Å². The standard InChI is InChI=1S/C13H21N3O2S/c1-9-11(3)19-12(15-9)8-14-13(17)10(2)16-4-6-18-7-5-16/h10H,4-8H2,1-3H3,(H,14,17). The first kappa shape index (κ1) is 14.4. The second-order valence-electron chi connectivity index (χ2n) is 4.79. The van der Waals surface area contributed by atoms with E-state index in [0.717, 1.165) is 23.8 Å². The zero-order valence-electron chi connectivity index (χ0n) is 11.7. The van der Waals surface area contributed by atoms with E-state index in [1.807, 2.05) is 13.8 Å². The molecule has 2 rings (SSSR count). The Bertz CT molecular complexity index is 422. The van der Waals surface area contributed by atoms with Crippen molar-refractivity contribution >= 4 is 17.2 Å². The Balaban J connectivity index is 1.83. The summed E-state index contributed by atoms with van der Waals surface area (Å²) in [6, 6.07) is -0.106. The van der Waals surface area contributed by atoms with Crippen LogP contribution in [0.15, 0.2) is 0 Å². The third kappa shape index (κ3) is 3.75. The molecule has 0 saturated carbocycles. The summed E-state index contributed by atoms with van der Waals surface area (Å²) in [6.45, 7) is 9.58. The van der Waals surface area contributed by atoms with Crippen molar-refractivity contribution in [2.45, 2.75) is 33.4 Å². The van der Waals surface area contributed by atoms with Crippen LogP contribution in [0.4, 0.5) is 0 Å². The predicted molar refractivity (Wildman–Crippen MR) is 75.3 cm³/mol. The van der Waals surface area contributed by atoms with Crippen molar-refractivity contribution in [2.75, 3.05) is 26.3 Å². The SMILES string of the molecule is Cc1nc(CNC(=O)C(C)N2CCOCC2)sc1C. The Kier molecular flexibility index (Phi) is 4.90. The summed E-state index contributed by atoms with van der Waals surface area (Å²) in [5, 5.41) is 3.93. The quantitative estimate of drug-likeness (QED) is 0.899. The molecule has 106 valence electrons. The molecule has 6 heteroatoms. The van der Waals surface area contributed by atoms with Gasteiger partial charge in [0.2, 0.25) is 5.91 Å². The molecule has 1 unspecified atom stereocenters. The van der Waals surface area contributed by atoms with Crippen molar-refractivity contribution in [1.29, 1.82) is 0 Å². The molecule has 0 aromatic carbocycles. The number of nitrogens with one attached hydrogen (secondary N) is 1. The first-order valence-corrected chi connectivity index (χ1v) is 7.42. The number of amides is 1. The first-order chi connectivity index (χ1) is 9.08. The Hall–Kier alpha value is -0.980. The molecule has 0 spiro atoms. The number of aryl methyl sites for hydroxylation is 2. The van der Waals surface area contributed by atoms with Crippen LogP contribution in [0.5, 0.6) is 0 Å². The van der Waals surface area contributed by atoms with E-state index < -0.39 is 0 Å². The highest BCUT2D eigenvalue weighted by Crippen LogP contribution is 2.16. The van der Waals surface area contributed by atoms with Crippen LogP contribution in [-0.2, 0) is 16.1 Å². The number of carbonyl (C=O) groups is 1. The van der Waals surface area contributed by atoms with E-state index in [2.05, 4.69) is 22.1 Å². The number of hydrogen-bond donors (Lipinski definition) is 1. The number of ether oxygens (including phenoxy) is 1. The van der Waals surface area contributed by atoms with E-state index in [4.69, 9.17) is 4.74 Å². The van der Waals surface area contributed by atoms with Crippen molar-refractivity contribution < 1.29 is 9.53 Å². The molecule has 1 aliphatic rings. The van der Waals surface area contributed by atoms with Crippen LogP contribution in [0.25, 0.3) is 0 Å². The second-order valence-corrected chi connectivity index (χ2v) is 6.08. The van der Waals surface area contributed by atoms with Gasteiger partial charge in [-0.1, -0.05) is 0 Å². The summed E-state index contributed by atoms with van der Waals surface area (Å²) in [7, 11) is 0. The zero-order chi connectivity index (χ0) is 13.8. The van der Waals surface area contributed by atoms with Gasteiger partial charge >= 0.3 is 0 Å². The maximum absolute atomic E-state index is 12.1. The number of aromatic nitrogens is 1. The Morgan fingerprint density at radius 1 is 1.47 bits per heavy atom. The maximum Gasteiger partial charge on any atom is 0.237 e. The van der Waals surface area contributed by atoms with Gasteiger partial charge in [-0.3, -0.25) is 9.69 Å². The van der Waals surface area contributed by atoms with Gasteiger partial charge in [-0.25, -0.2) is 4.98 Å². The van der Waals surface area contributed by atoms with Crippen LogP contribution < -0.4 is 5.32 Å². The minimum atomic E-state index is -0.106. The van der Waals surface area contributed by atoms with Crippen molar-refractivity contribution in [3.05, 3.63) is 15.6 Å². The third-order valence-electron chi connectivity index (χ3n) is 3.46. The number of rotatable bonds is 4. The van der Waals surface area contributed by atoms with Crippen molar-refractivity contribution in [3.8, 4) is 0 Å². The maximum atomic E-state index is 12.1. The molecule has 1 aromatic rings. The van der Waals surface area contributed by atoms with Crippen LogP contribution in [0.2, 0.25) is 0 Å². The van der Waals surface area contributed by atoms with E-state index in [1.54, 1.807) is 11.3 Å². The number of carbonyl (C=O) groups excluding carboxylic acids is 1. The lowest BCUT2D eigenvalue weighted by Gasteiger charge is -2.31. The second kappa shape index (κ2) is 6.45. The molecule has 19 heavy (non-hydrogen) atoms. The van der Waals surface area contributed by atoms with Crippen LogP contribution in [-0.4, -0.2) is 48.1 Å². The number of hydrogen-bond acceptors (Lipinski definition) is 5. The predicted octanol–water partition coefficient (Wildman–Crippen LogP) is 1.10. The summed E-state index contributed by atoms with van der Waals surface area (Å²) in [5.41, 5.74) is 1.05. The summed E-state index contributed by atoms with van der Waals surface area (Å²) >= 11 is 1.64. The van der Waals surface area contributed by atoms with E-state index in [0.29, 0.717) is 19.8 Å². The van der Waals surface area contributed by atoms with E-state index in [9.17, 15) is 4.79 Å². The van der Waals surface area contributed by atoms with Crippen LogP contribution >= 0.6 is 11.3 Å². The molecule has 5 nitrogen and oxygen atoms in total. The normalized spacial score (nSPS) is 18.3. The fraction of sp³-hybridized carbons (Fsp3) is 0.692. The Morgan fingerprint density at radius 2 is 2.16 bits per heavy atom. The molecule has 1 saturated heterocycles. The van der Waals surface area contributed by atoms with E-state index in [-0.39, 0.29) is 11.9 Å². The molecule has 1 aromatic heterocycles. The summed E-state index contributed by atoms with van der Waals surface area (Å²) in [6.07, 6.45) is 0. The largest absolute Gasteiger partial charge is 0.379 e. The lowest BCUT2D eigenvalue weighted by atomic mass is 10.2. The van der Waals surface area contributed by atoms with Gasteiger partial charge in [0.1, 0.15) is 5.01 Å².